The normalized spacial score (nSPS) is 10.4. The van der Waals surface area contributed by atoms with Crippen LogP contribution in [0.4, 0.5) is 10.5 Å². The number of amides is 2. The van der Waals surface area contributed by atoms with Gasteiger partial charge >= 0.3 is 6.03 Å². The molecule has 26 heavy (non-hydrogen) atoms. The number of aromatic nitrogens is 1. The largest absolute Gasteiger partial charge is 0.493 e. The summed E-state index contributed by atoms with van der Waals surface area (Å²) >= 11 is 0. The Balaban J connectivity index is 1.78. The Hall–Kier alpha value is -3.28. The number of para-hydroxylation sites is 1. The first-order chi connectivity index (χ1) is 12.6. The second-order valence-electron chi connectivity index (χ2n) is 5.84. The molecule has 6 nitrogen and oxygen atoms in total. The zero-order chi connectivity index (χ0) is 18.5. The number of anilines is 1. The van der Waals surface area contributed by atoms with Gasteiger partial charge in [0.1, 0.15) is 0 Å². The van der Waals surface area contributed by atoms with Gasteiger partial charge in [-0.2, -0.15) is 0 Å². The Morgan fingerprint density at radius 2 is 1.92 bits per heavy atom. The third-order valence-electron chi connectivity index (χ3n) is 4.16. The first kappa shape index (κ1) is 17.5. The summed E-state index contributed by atoms with van der Waals surface area (Å²) in [7, 11) is 4.92. The van der Waals surface area contributed by atoms with Crippen molar-refractivity contribution in [2.75, 3.05) is 26.6 Å². The fourth-order valence-electron chi connectivity index (χ4n) is 2.85. The van der Waals surface area contributed by atoms with E-state index in [1.54, 1.807) is 38.6 Å². The molecular formula is C20H21N3O3. The number of pyridine rings is 1. The molecule has 0 unspecified atom stereocenters. The molecule has 0 fully saturated rings. The van der Waals surface area contributed by atoms with Gasteiger partial charge in [0.25, 0.3) is 0 Å². The number of hydrogen-bond donors (Lipinski definition) is 1. The molecule has 0 aliphatic carbocycles. The first-order valence-corrected chi connectivity index (χ1v) is 8.18. The van der Waals surface area contributed by atoms with Crippen LogP contribution in [0.2, 0.25) is 0 Å². The number of nitrogens with one attached hydrogen (secondary N) is 1. The molecule has 3 rings (SSSR count). The lowest BCUT2D eigenvalue weighted by molar-refractivity contribution is 0.220. The second-order valence-corrected chi connectivity index (χ2v) is 5.84. The Bertz CT molecular complexity index is 922. The van der Waals surface area contributed by atoms with Crippen molar-refractivity contribution in [3.05, 3.63) is 60.4 Å². The topological polar surface area (TPSA) is 63.7 Å². The predicted molar refractivity (Wildman–Crippen MR) is 102 cm³/mol. The maximum absolute atomic E-state index is 12.6. The fourth-order valence-corrected chi connectivity index (χ4v) is 2.85. The number of carbonyl (C=O) groups is 1. The van der Waals surface area contributed by atoms with Crippen LogP contribution in [0.25, 0.3) is 10.8 Å². The minimum atomic E-state index is -0.209. The van der Waals surface area contributed by atoms with Gasteiger partial charge in [0.15, 0.2) is 11.5 Å². The number of methoxy groups -OCH3 is 2. The maximum Gasteiger partial charge on any atom is 0.321 e. The van der Waals surface area contributed by atoms with E-state index < -0.39 is 0 Å². The van der Waals surface area contributed by atoms with Crippen LogP contribution in [0, 0.1) is 0 Å². The lowest BCUT2D eigenvalue weighted by atomic mass is 10.1. The monoisotopic (exact) mass is 351 g/mol. The van der Waals surface area contributed by atoms with E-state index in [0.717, 1.165) is 22.0 Å². The van der Waals surface area contributed by atoms with Crippen molar-refractivity contribution in [1.29, 1.82) is 0 Å². The fraction of sp³-hybridized carbons (Fsp3) is 0.200. The summed E-state index contributed by atoms with van der Waals surface area (Å²) in [5.41, 5.74) is 1.62. The Labute approximate surface area is 152 Å². The standard InChI is InChI=1S/C20H21N3O3/c1-23(13-15-7-5-9-18(25-2)19(15)26-3)20(24)22-17-8-4-6-14-12-21-11-10-16(14)17/h4-12H,13H2,1-3H3,(H,22,24). The maximum atomic E-state index is 12.6. The second kappa shape index (κ2) is 7.74. The quantitative estimate of drug-likeness (QED) is 0.757. The molecule has 0 saturated carbocycles. The summed E-state index contributed by atoms with van der Waals surface area (Å²) in [6, 6.07) is 13.0. The van der Waals surface area contributed by atoms with Crippen LogP contribution >= 0.6 is 0 Å². The van der Waals surface area contributed by atoms with Crippen molar-refractivity contribution in [2.45, 2.75) is 6.54 Å². The smallest absolute Gasteiger partial charge is 0.321 e. The molecule has 1 aromatic heterocycles. The van der Waals surface area contributed by atoms with Crippen molar-refractivity contribution in [1.82, 2.24) is 9.88 Å². The average Bonchev–Trinajstić information content (AvgIpc) is 2.67. The highest BCUT2D eigenvalue weighted by Crippen LogP contribution is 2.31. The highest BCUT2D eigenvalue weighted by molar-refractivity contribution is 6.01. The van der Waals surface area contributed by atoms with Gasteiger partial charge in [0.2, 0.25) is 0 Å². The molecule has 2 amide bonds. The molecule has 1 heterocycles. The van der Waals surface area contributed by atoms with Crippen LogP contribution in [0.1, 0.15) is 5.56 Å². The summed E-state index contributed by atoms with van der Waals surface area (Å²) < 4.78 is 10.7. The number of ether oxygens (including phenoxy) is 2. The van der Waals surface area contributed by atoms with Gasteiger partial charge in [-0.3, -0.25) is 4.98 Å². The zero-order valence-electron chi connectivity index (χ0n) is 15.0. The van der Waals surface area contributed by atoms with Crippen LogP contribution in [0.15, 0.2) is 54.9 Å². The number of fused-ring (bicyclic) bond motifs is 1. The number of benzene rings is 2. The van der Waals surface area contributed by atoms with Crippen molar-refractivity contribution in [3.8, 4) is 11.5 Å². The molecular weight excluding hydrogens is 330 g/mol. The molecule has 0 radical (unpaired) electrons. The molecule has 0 spiro atoms. The number of urea groups is 1. The first-order valence-electron chi connectivity index (χ1n) is 8.18. The lowest BCUT2D eigenvalue weighted by Gasteiger charge is -2.21. The third kappa shape index (κ3) is 3.54. The van der Waals surface area contributed by atoms with E-state index in [-0.39, 0.29) is 6.03 Å². The van der Waals surface area contributed by atoms with E-state index in [0.29, 0.717) is 18.0 Å². The Morgan fingerprint density at radius 1 is 1.12 bits per heavy atom. The highest BCUT2D eigenvalue weighted by Gasteiger charge is 2.15. The molecule has 2 aromatic carbocycles. The summed E-state index contributed by atoms with van der Waals surface area (Å²) in [6.07, 6.45) is 3.48. The number of carbonyl (C=O) groups excluding carboxylic acids is 1. The predicted octanol–water partition coefficient (Wildman–Crippen LogP) is 3.92. The van der Waals surface area contributed by atoms with Gasteiger partial charge < -0.3 is 19.7 Å². The minimum absolute atomic E-state index is 0.209. The van der Waals surface area contributed by atoms with Gasteiger partial charge in [0, 0.05) is 35.8 Å². The van der Waals surface area contributed by atoms with Crippen LogP contribution in [0.5, 0.6) is 11.5 Å². The molecule has 3 aromatic rings. The van der Waals surface area contributed by atoms with Crippen LogP contribution < -0.4 is 14.8 Å². The lowest BCUT2D eigenvalue weighted by Crippen LogP contribution is -2.31. The molecule has 0 aliphatic heterocycles. The van der Waals surface area contributed by atoms with Crippen LogP contribution in [0.3, 0.4) is 0 Å². The highest BCUT2D eigenvalue weighted by atomic mass is 16.5. The van der Waals surface area contributed by atoms with Gasteiger partial charge in [0.05, 0.1) is 26.5 Å². The number of hydrogen-bond acceptors (Lipinski definition) is 4. The Morgan fingerprint density at radius 3 is 2.69 bits per heavy atom. The van der Waals surface area contributed by atoms with Crippen molar-refractivity contribution >= 4 is 22.5 Å². The van der Waals surface area contributed by atoms with Crippen LogP contribution in [-0.4, -0.2) is 37.2 Å². The molecule has 0 bridgehead atoms. The summed E-state index contributed by atoms with van der Waals surface area (Å²) in [5.74, 6) is 1.27. The van der Waals surface area contributed by atoms with E-state index in [1.807, 2.05) is 42.5 Å². The van der Waals surface area contributed by atoms with E-state index in [9.17, 15) is 4.79 Å². The number of nitrogens with zero attached hydrogens (tertiary/aromatic N) is 2. The minimum Gasteiger partial charge on any atom is -0.493 e. The molecule has 0 aliphatic rings. The summed E-state index contributed by atoms with van der Waals surface area (Å²) in [5, 5.41) is 4.88. The van der Waals surface area contributed by atoms with Crippen molar-refractivity contribution < 1.29 is 14.3 Å². The molecule has 0 saturated heterocycles. The van der Waals surface area contributed by atoms with E-state index in [2.05, 4.69) is 10.3 Å². The van der Waals surface area contributed by atoms with E-state index in [1.165, 1.54) is 0 Å². The van der Waals surface area contributed by atoms with Crippen LogP contribution in [-0.2, 0) is 6.54 Å². The van der Waals surface area contributed by atoms with Gasteiger partial charge in [-0.25, -0.2) is 4.79 Å². The molecule has 0 atom stereocenters. The molecule has 6 heteroatoms. The van der Waals surface area contributed by atoms with Gasteiger partial charge in [-0.1, -0.05) is 24.3 Å². The van der Waals surface area contributed by atoms with Crippen molar-refractivity contribution in [3.63, 3.8) is 0 Å². The van der Waals surface area contributed by atoms with Crippen molar-refractivity contribution in [2.24, 2.45) is 0 Å². The Kier molecular flexibility index (Phi) is 5.22. The van der Waals surface area contributed by atoms with Gasteiger partial charge in [-0.05, 0) is 18.2 Å². The summed E-state index contributed by atoms with van der Waals surface area (Å²) in [4.78, 5) is 18.3. The molecule has 134 valence electrons. The third-order valence-corrected chi connectivity index (χ3v) is 4.16. The van der Waals surface area contributed by atoms with E-state index in [4.69, 9.17) is 9.47 Å². The molecule has 1 N–H and O–H groups in total. The SMILES string of the molecule is COc1cccc(CN(C)C(=O)Nc2cccc3cnccc23)c1OC. The van der Waals surface area contributed by atoms with Gasteiger partial charge in [-0.15, -0.1) is 0 Å². The number of rotatable bonds is 5. The summed E-state index contributed by atoms with van der Waals surface area (Å²) in [6.45, 7) is 0.387. The zero-order valence-corrected chi connectivity index (χ0v) is 15.0. The van der Waals surface area contributed by atoms with E-state index >= 15 is 0 Å². The average molecular weight is 351 g/mol.